The van der Waals surface area contributed by atoms with Gasteiger partial charge < -0.3 is 19.6 Å². The first-order valence-electron chi connectivity index (χ1n) is 11.0. The van der Waals surface area contributed by atoms with Gasteiger partial charge in [-0.05, 0) is 23.6 Å². The molecule has 5 heterocycles. The number of H-pyrrole nitrogens is 1. The van der Waals surface area contributed by atoms with E-state index in [9.17, 15) is 9.59 Å². The molecule has 0 saturated carbocycles. The average Bonchev–Trinajstić information content (AvgIpc) is 3.60. The van der Waals surface area contributed by atoms with Crippen LogP contribution in [0.3, 0.4) is 0 Å². The van der Waals surface area contributed by atoms with E-state index in [4.69, 9.17) is 9.40 Å². The van der Waals surface area contributed by atoms with Crippen LogP contribution in [0.25, 0.3) is 33.5 Å². The highest BCUT2D eigenvalue weighted by atomic mass is 16.4. The highest BCUT2D eigenvalue weighted by molar-refractivity contribution is 5.83. The summed E-state index contributed by atoms with van der Waals surface area (Å²) >= 11 is 0. The molecule has 1 saturated heterocycles. The van der Waals surface area contributed by atoms with Crippen molar-refractivity contribution in [2.75, 3.05) is 31.1 Å². The number of rotatable bonds is 4. The number of aromatic nitrogens is 7. The van der Waals surface area contributed by atoms with Crippen LogP contribution in [-0.4, -0.2) is 60.0 Å². The Balaban J connectivity index is 1.46. The SMILES string of the molecule is Cn1c(=O)c2c(nc(N3CCNCC3)n2Cc2nnc(-c3ccc4cc[nH]c4c3)o2)n(C)c1=O. The highest BCUT2D eigenvalue weighted by Crippen LogP contribution is 2.25. The summed E-state index contributed by atoms with van der Waals surface area (Å²) in [7, 11) is 3.08. The molecular weight excluding hydrogens is 438 g/mol. The van der Waals surface area contributed by atoms with Crippen molar-refractivity contribution in [1.29, 1.82) is 0 Å². The van der Waals surface area contributed by atoms with Crippen molar-refractivity contribution in [3.05, 3.63) is 57.2 Å². The minimum absolute atomic E-state index is 0.154. The maximum absolute atomic E-state index is 13.1. The van der Waals surface area contributed by atoms with Crippen molar-refractivity contribution in [3.8, 4) is 11.5 Å². The number of fused-ring (bicyclic) bond motifs is 2. The third kappa shape index (κ3) is 3.14. The predicted octanol–water partition coefficient (Wildman–Crippen LogP) is 0.423. The summed E-state index contributed by atoms with van der Waals surface area (Å²) in [5.41, 5.74) is 1.59. The Labute approximate surface area is 192 Å². The van der Waals surface area contributed by atoms with E-state index in [-0.39, 0.29) is 6.54 Å². The summed E-state index contributed by atoms with van der Waals surface area (Å²) in [6.45, 7) is 3.20. The number of hydrogen-bond donors (Lipinski definition) is 2. The highest BCUT2D eigenvalue weighted by Gasteiger charge is 2.25. The van der Waals surface area contributed by atoms with E-state index in [2.05, 4.69) is 25.4 Å². The van der Waals surface area contributed by atoms with E-state index in [1.807, 2.05) is 30.5 Å². The van der Waals surface area contributed by atoms with E-state index in [0.29, 0.717) is 28.9 Å². The fraction of sp³-hybridized carbons (Fsp3) is 0.318. The summed E-state index contributed by atoms with van der Waals surface area (Å²) in [6, 6.07) is 7.86. The Kier molecular flexibility index (Phi) is 4.62. The second-order valence-electron chi connectivity index (χ2n) is 8.39. The molecule has 1 aliphatic heterocycles. The molecule has 1 fully saturated rings. The van der Waals surface area contributed by atoms with Crippen LogP contribution in [0.2, 0.25) is 0 Å². The number of aryl methyl sites for hydroxylation is 1. The first-order valence-corrected chi connectivity index (χ1v) is 11.0. The zero-order chi connectivity index (χ0) is 23.4. The van der Waals surface area contributed by atoms with Gasteiger partial charge in [-0.2, -0.15) is 4.98 Å². The van der Waals surface area contributed by atoms with Crippen LogP contribution in [0.1, 0.15) is 5.89 Å². The van der Waals surface area contributed by atoms with Gasteiger partial charge in [0.1, 0.15) is 6.54 Å². The Morgan fingerprint density at radius 3 is 2.71 bits per heavy atom. The Bertz CT molecular complexity index is 1650. The zero-order valence-corrected chi connectivity index (χ0v) is 18.8. The molecule has 0 atom stereocenters. The molecule has 0 aliphatic carbocycles. The molecule has 4 aromatic heterocycles. The minimum Gasteiger partial charge on any atom is -0.419 e. The van der Waals surface area contributed by atoms with Crippen molar-refractivity contribution < 1.29 is 4.42 Å². The van der Waals surface area contributed by atoms with Gasteiger partial charge in [0, 0.05) is 57.6 Å². The number of aromatic amines is 1. The topological polar surface area (TPSA) is 132 Å². The third-order valence-corrected chi connectivity index (χ3v) is 6.29. The lowest BCUT2D eigenvalue weighted by atomic mass is 10.2. The smallest absolute Gasteiger partial charge is 0.332 e. The molecule has 0 spiro atoms. The van der Waals surface area contributed by atoms with Gasteiger partial charge in [0.15, 0.2) is 11.2 Å². The lowest BCUT2D eigenvalue weighted by molar-refractivity contribution is 0.487. The molecule has 12 nitrogen and oxygen atoms in total. The second-order valence-corrected chi connectivity index (χ2v) is 8.39. The van der Waals surface area contributed by atoms with Gasteiger partial charge in [-0.25, -0.2) is 4.79 Å². The molecule has 12 heteroatoms. The molecule has 6 rings (SSSR count). The fourth-order valence-corrected chi connectivity index (χ4v) is 4.44. The maximum atomic E-state index is 13.1. The Morgan fingerprint density at radius 1 is 1.06 bits per heavy atom. The second kappa shape index (κ2) is 7.70. The van der Waals surface area contributed by atoms with Gasteiger partial charge >= 0.3 is 5.69 Å². The molecule has 34 heavy (non-hydrogen) atoms. The predicted molar refractivity (Wildman–Crippen MR) is 126 cm³/mol. The summed E-state index contributed by atoms with van der Waals surface area (Å²) in [5, 5.41) is 12.9. The van der Waals surface area contributed by atoms with Crippen LogP contribution < -0.4 is 21.5 Å². The maximum Gasteiger partial charge on any atom is 0.332 e. The van der Waals surface area contributed by atoms with Gasteiger partial charge in [-0.1, -0.05) is 6.07 Å². The summed E-state index contributed by atoms with van der Waals surface area (Å²) in [5.74, 6) is 1.33. The molecule has 1 aromatic carbocycles. The number of hydrogen-bond acceptors (Lipinski definition) is 8. The van der Waals surface area contributed by atoms with Crippen molar-refractivity contribution >= 4 is 28.0 Å². The lowest BCUT2D eigenvalue weighted by Crippen LogP contribution is -2.44. The molecule has 0 radical (unpaired) electrons. The standard InChI is InChI=1S/C22H23N9O3/c1-28-18-17(20(32)29(2)22(28)33)31(21(25-18)30-9-7-23-8-10-30)12-16-26-27-19(34-16)14-4-3-13-5-6-24-15(13)11-14/h3-6,11,23-24H,7-10,12H2,1-2H3. The van der Waals surface area contributed by atoms with Gasteiger partial charge in [-0.3, -0.25) is 18.5 Å². The van der Waals surface area contributed by atoms with Crippen molar-refractivity contribution in [2.45, 2.75) is 6.54 Å². The molecule has 174 valence electrons. The van der Waals surface area contributed by atoms with Crippen LogP contribution in [0.15, 0.2) is 44.5 Å². The third-order valence-electron chi connectivity index (χ3n) is 6.29. The number of nitrogens with zero attached hydrogens (tertiary/aromatic N) is 7. The number of piperazine rings is 1. The zero-order valence-electron chi connectivity index (χ0n) is 18.8. The lowest BCUT2D eigenvalue weighted by Gasteiger charge is -2.28. The number of imidazole rings is 1. The molecular formula is C22H23N9O3. The largest absolute Gasteiger partial charge is 0.419 e. The van der Waals surface area contributed by atoms with Crippen LogP contribution >= 0.6 is 0 Å². The van der Waals surface area contributed by atoms with Gasteiger partial charge in [-0.15, -0.1) is 10.2 Å². The molecule has 1 aliphatic rings. The molecule has 5 aromatic rings. The quantitative estimate of drug-likeness (QED) is 0.394. The number of nitrogens with one attached hydrogen (secondary N) is 2. The van der Waals surface area contributed by atoms with E-state index in [0.717, 1.165) is 47.2 Å². The van der Waals surface area contributed by atoms with E-state index in [1.54, 1.807) is 11.6 Å². The normalized spacial score (nSPS) is 14.5. The molecule has 0 bridgehead atoms. The minimum atomic E-state index is -0.422. The van der Waals surface area contributed by atoms with E-state index < -0.39 is 11.2 Å². The van der Waals surface area contributed by atoms with Crippen molar-refractivity contribution in [3.63, 3.8) is 0 Å². The van der Waals surface area contributed by atoms with Gasteiger partial charge in [0.2, 0.25) is 17.7 Å². The van der Waals surface area contributed by atoms with Crippen LogP contribution in [0.5, 0.6) is 0 Å². The van der Waals surface area contributed by atoms with E-state index >= 15 is 0 Å². The first kappa shape index (κ1) is 20.4. The molecule has 0 unspecified atom stereocenters. The number of benzene rings is 1. The summed E-state index contributed by atoms with van der Waals surface area (Å²) < 4.78 is 10.2. The van der Waals surface area contributed by atoms with Crippen LogP contribution in [0, 0.1) is 0 Å². The van der Waals surface area contributed by atoms with Crippen molar-refractivity contribution in [1.82, 2.24) is 39.2 Å². The van der Waals surface area contributed by atoms with Crippen LogP contribution in [-0.2, 0) is 20.6 Å². The summed E-state index contributed by atoms with van der Waals surface area (Å²) in [6.07, 6.45) is 1.88. The Morgan fingerprint density at radius 2 is 1.88 bits per heavy atom. The average molecular weight is 461 g/mol. The molecule has 2 N–H and O–H groups in total. The summed E-state index contributed by atoms with van der Waals surface area (Å²) in [4.78, 5) is 35.6. The number of anilines is 1. The van der Waals surface area contributed by atoms with Crippen molar-refractivity contribution in [2.24, 2.45) is 14.1 Å². The Hall–Kier alpha value is -4.19. The monoisotopic (exact) mass is 461 g/mol. The first-order chi connectivity index (χ1) is 16.5. The fourth-order valence-electron chi connectivity index (χ4n) is 4.44. The van der Waals surface area contributed by atoms with E-state index in [1.165, 1.54) is 11.6 Å². The van der Waals surface area contributed by atoms with Gasteiger partial charge in [0.25, 0.3) is 5.56 Å². The van der Waals surface area contributed by atoms with Crippen LogP contribution in [0.4, 0.5) is 5.95 Å². The molecule has 0 amide bonds. The van der Waals surface area contributed by atoms with Gasteiger partial charge in [0.05, 0.1) is 0 Å².